The molecule has 2 nitrogen and oxygen atoms in total. The quantitative estimate of drug-likeness (QED) is 0.373. The molecule has 0 rings (SSSR count). The largest absolute Gasteiger partial charge is 0.290 e. The van der Waals surface area contributed by atoms with E-state index in [0.29, 0.717) is 0 Å². The van der Waals surface area contributed by atoms with E-state index in [1.807, 2.05) is 0 Å². The minimum atomic E-state index is -0.546. The van der Waals surface area contributed by atoms with Gasteiger partial charge < -0.3 is 0 Å². The van der Waals surface area contributed by atoms with Gasteiger partial charge in [-0.25, -0.2) is 0 Å². The van der Waals surface area contributed by atoms with Crippen molar-refractivity contribution in [3.63, 3.8) is 0 Å². The Balaban J connectivity index is 3.36. The third kappa shape index (κ3) is 2.89. The van der Waals surface area contributed by atoms with Crippen LogP contribution < -0.4 is 0 Å². The normalized spacial score (nSPS) is 7.43. The van der Waals surface area contributed by atoms with Crippen LogP contribution in [0.15, 0.2) is 12.7 Å². The Morgan fingerprint density at radius 1 is 1.86 bits per heavy atom. The van der Waals surface area contributed by atoms with Gasteiger partial charge >= 0.3 is 0 Å². The van der Waals surface area contributed by atoms with Crippen LogP contribution in [0.3, 0.4) is 0 Å². The summed E-state index contributed by atoms with van der Waals surface area (Å²) in [4.78, 5) is 19.3. The lowest BCUT2D eigenvalue weighted by Crippen LogP contribution is -1.93. The molecule has 0 aromatic heterocycles. The highest BCUT2D eigenvalue weighted by Crippen LogP contribution is 1.76. The van der Waals surface area contributed by atoms with Crippen molar-refractivity contribution < 1.29 is 9.59 Å². The Morgan fingerprint density at radius 2 is 2.43 bits per heavy atom. The Morgan fingerprint density at radius 3 is 2.57 bits per heavy atom. The van der Waals surface area contributed by atoms with E-state index in [-0.39, 0.29) is 6.42 Å². The summed E-state index contributed by atoms with van der Waals surface area (Å²) in [6.07, 6.45) is 2.67. The molecule has 2 heteroatoms. The van der Waals surface area contributed by atoms with Crippen LogP contribution in [0.5, 0.6) is 0 Å². The molecule has 0 unspecified atom stereocenters. The van der Waals surface area contributed by atoms with Crippen molar-refractivity contribution in [2.24, 2.45) is 0 Å². The molecule has 1 radical (unpaired) electrons. The number of hydrogen-bond acceptors (Lipinski definition) is 2. The third-order valence-corrected chi connectivity index (χ3v) is 0.444. The summed E-state index contributed by atoms with van der Waals surface area (Å²) in [7, 11) is 0. The smallest absolute Gasteiger partial charge is 0.272 e. The van der Waals surface area contributed by atoms with Crippen molar-refractivity contribution in [1.82, 2.24) is 0 Å². The van der Waals surface area contributed by atoms with Crippen LogP contribution in [0.2, 0.25) is 0 Å². The molecule has 0 aromatic rings. The van der Waals surface area contributed by atoms with Crippen LogP contribution in [-0.4, -0.2) is 12.1 Å². The molecule has 0 amide bonds. The van der Waals surface area contributed by atoms with E-state index in [0.717, 1.165) is 0 Å². The van der Waals surface area contributed by atoms with Crippen LogP contribution in [0, 0.1) is 0 Å². The summed E-state index contributed by atoms with van der Waals surface area (Å²) < 4.78 is 0. The summed E-state index contributed by atoms with van der Waals surface area (Å²) in [5.74, 6) is -0.546. The second kappa shape index (κ2) is 3.28. The highest BCUT2D eigenvalue weighted by Gasteiger charge is 1.91. The minimum absolute atomic E-state index is 0.101. The number of carbonyl (C=O) groups excluding carboxylic acids is 2. The van der Waals surface area contributed by atoms with Crippen LogP contribution in [0.1, 0.15) is 6.42 Å². The summed E-state index contributed by atoms with van der Waals surface area (Å²) in [5, 5.41) is 0. The molecule has 0 heterocycles. The molecule has 0 spiro atoms. The van der Waals surface area contributed by atoms with Gasteiger partial charge in [-0.3, -0.25) is 9.59 Å². The van der Waals surface area contributed by atoms with Gasteiger partial charge in [-0.05, 0) is 0 Å². The fourth-order valence-corrected chi connectivity index (χ4v) is 0.173. The van der Waals surface area contributed by atoms with E-state index >= 15 is 0 Å². The molecule has 0 saturated heterocycles. The van der Waals surface area contributed by atoms with Gasteiger partial charge in [-0.1, -0.05) is 6.08 Å². The number of rotatable bonds is 3. The fraction of sp³-hybridized carbons (Fsp3) is 0.200. The average Bonchev–Trinajstić information content (AvgIpc) is 1.68. The third-order valence-electron chi connectivity index (χ3n) is 0.444. The number of ketones is 1. The summed E-state index contributed by atoms with van der Waals surface area (Å²) in [6.45, 7) is 3.25. The zero-order valence-electron chi connectivity index (χ0n) is 3.81. The Bertz CT molecular complexity index is 94.3. The van der Waals surface area contributed by atoms with E-state index in [4.69, 9.17) is 0 Å². The van der Waals surface area contributed by atoms with Crippen molar-refractivity contribution >= 4 is 12.1 Å². The maximum absolute atomic E-state index is 9.92. The van der Waals surface area contributed by atoms with Crippen molar-refractivity contribution in [2.45, 2.75) is 6.42 Å². The standard InChI is InChI=1S/C5H5O2/c1-2-3-5(7)4-6/h2H,1,3H2. The zero-order chi connectivity index (χ0) is 5.70. The maximum atomic E-state index is 9.92. The SMILES string of the molecule is C=CCC(=O)[C]=O. The van der Waals surface area contributed by atoms with Gasteiger partial charge in [0.1, 0.15) is 0 Å². The van der Waals surface area contributed by atoms with Gasteiger partial charge in [0.15, 0.2) is 0 Å². The van der Waals surface area contributed by atoms with Crippen molar-refractivity contribution in [2.75, 3.05) is 0 Å². The summed E-state index contributed by atoms with van der Waals surface area (Å²) >= 11 is 0. The zero-order valence-corrected chi connectivity index (χ0v) is 3.81. The summed E-state index contributed by atoms with van der Waals surface area (Å²) in [6, 6.07) is 0. The average molecular weight is 97.1 g/mol. The van der Waals surface area contributed by atoms with Crippen LogP contribution >= 0.6 is 0 Å². The monoisotopic (exact) mass is 97.0 g/mol. The molecule has 0 fully saturated rings. The topological polar surface area (TPSA) is 34.1 Å². The van der Waals surface area contributed by atoms with Crippen LogP contribution in [-0.2, 0) is 9.59 Å². The molecule has 7 heavy (non-hydrogen) atoms. The molecule has 37 valence electrons. The molecule has 0 bridgehead atoms. The second-order valence-electron chi connectivity index (χ2n) is 1.02. The first-order chi connectivity index (χ1) is 3.31. The highest BCUT2D eigenvalue weighted by atomic mass is 16.2. The Labute approximate surface area is 41.8 Å². The molecule has 0 aliphatic heterocycles. The van der Waals surface area contributed by atoms with Crippen LogP contribution in [0.4, 0.5) is 0 Å². The lowest BCUT2D eigenvalue weighted by Gasteiger charge is -1.73. The molecule has 0 saturated carbocycles. The first kappa shape index (κ1) is 6.08. The van der Waals surface area contributed by atoms with Crippen molar-refractivity contribution in [1.29, 1.82) is 0 Å². The number of hydrogen-bond donors (Lipinski definition) is 0. The Hall–Kier alpha value is -0.920. The van der Waals surface area contributed by atoms with Gasteiger partial charge in [0.25, 0.3) is 6.29 Å². The van der Waals surface area contributed by atoms with Crippen molar-refractivity contribution in [3.8, 4) is 0 Å². The molecule has 0 aliphatic carbocycles. The van der Waals surface area contributed by atoms with Gasteiger partial charge in [-0.15, -0.1) is 6.58 Å². The number of allylic oxidation sites excluding steroid dienone is 1. The molecular formula is C5H5O2. The molecule has 0 N–H and O–H groups in total. The number of carbonyl (C=O) groups is 1. The molecule has 0 aromatic carbocycles. The first-order valence-electron chi connectivity index (χ1n) is 1.83. The second-order valence-corrected chi connectivity index (χ2v) is 1.02. The minimum Gasteiger partial charge on any atom is -0.290 e. The molecule has 0 atom stereocenters. The number of Topliss-reactive ketones (excluding diaryl/α,β-unsaturated/α-hetero) is 1. The maximum Gasteiger partial charge on any atom is 0.272 e. The van der Waals surface area contributed by atoms with Gasteiger partial charge in [-0.2, -0.15) is 0 Å². The fourth-order valence-electron chi connectivity index (χ4n) is 0.173. The predicted octanol–water partition coefficient (Wildman–Crippen LogP) is 0.241. The van der Waals surface area contributed by atoms with Gasteiger partial charge in [0.2, 0.25) is 5.78 Å². The van der Waals surface area contributed by atoms with E-state index in [9.17, 15) is 9.59 Å². The lowest BCUT2D eigenvalue weighted by atomic mass is 10.3. The van der Waals surface area contributed by atoms with Gasteiger partial charge in [0, 0.05) is 6.42 Å². The lowest BCUT2D eigenvalue weighted by molar-refractivity contribution is -0.112. The van der Waals surface area contributed by atoms with Crippen molar-refractivity contribution in [3.05, 3.63) is 12.7 Å². The first-order valence-corrected chi connectivity index (χ1v) is 1.83. The predicted molar refractivity (Wildman–Crippen MR) is 25.5 cm³/mol. The summed E-state index contributed by atoms with van der Waals surface area (Å²) in [5.41, 5.74) is 0. The van der Waals surface area contributed by atoms with Crippen LogP contribution in [0.25, 0.3) is 0 Å². The molecular weight excluding hydrogens is 92.1 g/mol. The van der Waals surface area contributed by atoms with E-state index < -0.39 is 5.78 Å². The van der Waals surface area contributed by atoms with E-state index in [1.54, 1.807) is 0 Å². The van der Waals surface area contributed by atoms with Gasteiger partial charge in [0.05, 0.1) is 0 Å². The van der Waals surface area contributed by atoms with E-state index in [1.165, 1.54) is 12.4 Å². The Kier molecular flexibility index (Phi) is 2.85. The molecule has 0 aliphatic rings. The van der Waals surface area contributed by atoms with E-state index in [2.05, 4.69) is 6.58 Å². The highest BCUT2D eigenvalue weighted by molar-refractivity contribution is 6.25.